The van der Waals surface area contributed by atoms with Gasteiger partial charge in [0.2, 0.25) is 0 Å². The van der Waals surface area contributed by atoms with Gasteiger partial charge in [0.15, 0.2) is 5.69 Å². The van der Waals surface area contributed by atoms with Crippen LogP contribution in [0.3, 0.4) is 0 Å². The number of hydrogen-bond donors (Lipinski definition) is 2. The van der Waals surface area contributed by atoms with Gasteiger partial charge in [-0.15, -0.1) is 0 Å². The van der Waals surface area contributed by atoms with Gasteiger partial charge in [0.25, 0.3) is 5.91 Å². The zero-order chi connectivity index (χ0) is 15.4. The molecule has 108 valence electrons. The number of amides is 1. The number of aromatic nitrogens is 1. The molecule has 0 atom stereocenters. The van der Waals surface area contributed by atoms with Crippen LogP contribution in [0.25, 0.3) is 0 Å². The second-order valence-corrected chi connectivity index (χ2v) is 3.26. The topological polar surface area (TPSA) is 68.0 Å². The lowest BCUT2D eigenvalue weighted by atomic mass is 10.2. The molecule has 0 saturated carbocycles. The Labute approximate surface area is 121 Å². The molecule has 4 nitrogen and oxygen atoms in total. The summed E-state index contributed by atoms with van der Waals surface area (Å²) in [4.78, 5) is 15.7. The van der Waals surface area contributed by atoms with Crippen molar-refractivity contribution in [1.29, 1.82) is 0 Å². The average Bonchev–Trinajstić information content (AvgIpc) is 2.52. The minimum absolute atomic E-state index is 0.242. The van der Waals surface area contributed by atoms with Crippen LogP contribution in [0.1, 0.15) is 38.2 Å². The number of rotatable bonds is 2. The number of nitrogen functional groups attached to an aromatic ring is 1. The zero-order valence-electron chi connectivity index (χ0n) is 12.6. The molecule has 0 unspecified atom stereocenters. The van der Waals surface area contributed by atoms with Crippen LogP contribution in [-0.2, 0) is 0 Å². The number of benzene rings is 1. The number of para-hydroxylation sites is 1. The van der Waals surface area contributed by atoms with Crippen LogP contribution in [0.15, 0.2) is 48.7 Å². The highest BCUT2D eigenvalue weighted by atomic mass is 16.1. The van der Waals surface area contributed by atoms with Crippen molar-refractivity contribution < 1.29 is 4.79 Å². The van der Waals surface area contributed by atoms with E-state index in [0.29, 0.717) is 5.69 Å². The fourth-order valence-corrected chi connectivity index (χ4v) is 1.32. The summed E-state index contributed by atoms with van der Waals surface area (Å²) in [7, 11) is 0. The number of carbonyl (C=O) groups excluding carboxylic acids is 1. The Morgan fingerprint density at radius 1 is 1.00 bits per heavy atom. The quantitative estimate of drug-likeness (QED) is 0.870. The maximum absolute atomic E-state index is 11.8. The summed E-state index contributed by atoms with van der Waals surface area (Å²) in [6.07, 6.45) is 1.54. The average molecular weight is 273 g/mol. The smallest absolute Gasteiger partial charge is 0.276 e. The van der Waals surface area contributed by atoms with Gasteiger partial charge < -0.3 is 11.1 Å². The molecule has 0 radical (unpaired) electrons. The summed E-state index contributed by atoms with van der Waals surface area (Å²) >= 11 is 0. The van der Waals surface area contributed by atoms with E-state index < -0.39 is 0 Å². The van der Waals surface area contributed by atoms with E-state index in [4.69, 9.17) is 5.73 Å². The van der Waals surface area contributed by atoms with Crippen LogP contribution < -0.4 is 11.1 Å². The second kappa shape index (κ2) is 10.6. The van der Waals surface area contributed by atoms with Crippen molar-refractivity contribution >= 4 is 17.3 Å². The summed E-state index contributed by atoms with van der Waals surface area (Å²) in [5.41, 5.74) is 6.98. The summed E-state index contributed by atoms with van der Waals surface area (Å²) in [6.45, 7) is 8.00. The van der Waals surface area contributed by atoms with Crippen LogP contribution in [-0.4, -0.2) is 10.9 Å². The van der Waals surface area contributed by atoms with E-state index in [2.05, 4.69) is 10.3 Å². The first kappa shape index (κ1) is 17.6. The molecule has 0 spiro atoms. The van der Waals surface area contributed by atoms with Crippen molar-refractivity contribution in [2.75, 3.05) is 11.1 Å². The van der Waals surface area contributed by atoms with Crippen molar-refractivity contribution in [2.45, 2.75) is 27.7 Å². The number of carbonyl (C=O) groups is 1. The third kappa shape index (κ3) is 5.52. The number of nitrogens with one attached hydrogen (secondary N) is 1. The summed E-state index contributed by atoms with van der Waals surface area (Å²) in [6, 6.07) is 12.5. The Bertz CT molecular complexity index is 498. The molecule has 3 N–H and O–H groups in total. The van der Waals surface area contributed by atoms with E-state index in [1.54, 1.807) is 24.3 Å². The zero-order valence-corrected chi connectivity index (χ0v) is 12.6. The molecule has 1 amide bonds. The van der Waals surface area contributed by atoms with E-state index in [9.17, 15) is 4.79 Å². The van der Waals surface area contributed by atoms with E-state index in [-0.39, 0.29) is 11.6 Å². The van der Waals surface area contributed by atoms with Crippen molar-refractivity contribution in [3.8, 4) is 0 Å². The van der Waals surface area contributed by atoms with Gasteiger partial charge >= 0.3 is 0 Å². The molecule has 2 rings (SSSR count). The van der Waals surface area contributed by atoms with E-state index in [1.165, 1.54) is 6.20 Å². The predicted octanol–water partition coefficient (Wildman–Crippen LogP) is 3.97. The van der Waals surface area contributed by atoms with Crippen LogP contribution in [0.5, 0.6) is 0 Å². The van der Waals surface area contributed by atoms with Gasteiger partial charge in [0.1, 0.15) is 0 Å². The minimum atomic E-state index is -0.302. The van der Waals surface area contributed by atoms with Crippen molar-refractivity contribution in [3.63, 3.8) is 0 Å². The van der Waals surface area contributed by atoms with Gasteiger partial charge in [0, 0.05) is 11.9 Å². The molecule has 0 bridgehead atoms. The third-order valence-corrected chi connectivity index (χ3v) is 2.09. The SMILES string of the molecule is CC.CC.Nc1cccnc1C(=O)Nc1ccccc1. The van der Waals surface area contributed by atoms with Crippen LogP contribution in [0.4, 0.5) is 11.4 Å². The van der Waals surface area contributed by atoms with E-state index in [0.717, 1.165) is 5.69 Å². The predicted molar refractivity (Wildman–Crippen MR) is 85.7 cm³/mol. The summed E-state index contributed by atoms with van der Waals surface area (Å²) < 4.78 is 0. The van der Waals surface area contributed by atoms with Gasteiger partial charge in [-0.3, -0.25) is 4.79 Å². The Kier molecular flexibility index (Phi) is 9.31. The van der Waals surface area contributed by atoms with Crippen LogP contribution >= 0.6 is 0 Å². The standard InChI is InChI=1S/C12H11N3O.2C2H6/c13-10-7-4-8-14-11(10)12(16)15-9-5-2-1-3-6-9;2*1-2/h1-8H,13H2,(H,15,16);2*1-2H3. The molecule has 1 aromatic heterocycles. The maximum atomic E-state index is 11.8. The fraction of sp³-hybridized carbons (Fsp3) is 0.250. The monoisotopic (exact) mass is 273 g/mol. The highest BCUT2D eigenvalue weighted by Crippen LogP contribution is 2.11. The molecule has 1 aromatic carbocycles. The molecule has 0 aliphatic carbocycles. The number of nitrogens with zero attached hydrogens (tertiary/aromatic N) is 1. The van der Waals surface area contributed by atoms with Crippen molar-refractivity contribution in [1.82, 2.24) is 4.98 Å². The number of hydrogen-bond acceptors (Lipinski definition) is 3. The second-order valence-electron chi connectivity index (χ2n) is 3.26. The lowest BCUT2D eigenvalue weighted by molar-refractivity contribution is 0.102. The molecule has 0 aliphatic rings. The first-order chi connectivity index (χ1) is 9.77. The Balaban J connectivity index is 0.000000829. The molecular formula is C16H23N3O. The fourth-order valence-electron chi connectivity index (χ4n) is 1.32. The maximum Gasteiger partial charge on any atom is 0.276 e. The van der Waals surface area contributed by atoms with Crippen LogP contribution in [0.2, 0.25) is 0 Å². The summed E-state index contributed by atoms with van der Waals surface area (Å²) in [5, 5.41) is 2.72. The lowest BCUT2D eigenvalue weighted by Crippen LogP contribution is -2.15. The third-order valence-electron chi connectivity index (χ3n) is 2.09. The molecule has 0 aliphatic heterocycles. The molecule has 0 fully saturated rings. The van der Waals surface area contributed by atoms with Gasteiger partial charge in [-0.2, -0.15) is 0 Å². The van der Waals surface area contributed by atoms with Gasteiger partial charge in [-0.25, -0.2) is 4.98 Å². The van der Waals surface area contributed by atoms with Gasteiger partial charge in [-0.05, 0) is 24.3 Å². The number of anilines is 2. The lowest BCUT2D eigenvalue weighted by Gasteiger charge is -2.05. The number of pyridine rings is 1. The van der Waals surface area contributed by atoms with Gasteiger partial charge in [0.05, 0.1) is 5.69 Å². The number of nitrogens with two attached hydrogens (primary N) is 1. The molecular weight excluding hydrogens is 250 g/mol. The molecule has 1 heterocycles. The van der Waals surface area contributed by atoms with Crippen molar-refractivity contribution in [2.24, 2.45) is 0 Å². The van der Waals surface area contributed by atoms with E-state index in [1.807, 2.05) is 45.9 Å². The largest absolute Gasteiger partial charge is 0.397 e. The Morgan fingerprint density at radius 2 is 1.60 bits per heavy atom. The Morgan fingerprint density at radius 3 is 2.15 bits per heavy atom. The van der Waals surface area contributed by atoms with Gasteiger partial charge in [-0.1, -0.05) is 45.9 Å². The first-order valence-corrected chi connectivity index (χ1v) is 6.84. The minimum Gasteiger partial charge on any atom is -0.397 e. The highest BCUT2D eigenvalue weighted by Gasteiger charge is 2.10. The highest BCUT2D eigenvalue weighted by molar-refractivity contribution is 6.06. The van der Waals surface area contributed by atoms with Crippen LogP contribution in [0, 0.1) is 0 Å². The molecule has 0 saturated heterocycles. The normalized spacial score (nSPS) is 8.40. The molecule has 20 heavy (non-hydrogen) atoms. The Hall–Kier alpha value is -2.36. The summed E-state index contributed by atoms with van der Waals surface area (Å²) in [5.74, 6) is -0.302. The molecule has 4 heteroatoms. The first-order valence-electron chi connectivity index (χ1n) is 6.84. The van der Waals surface area contributed by atoms with Crippen molar-refractivity contribution in [3.05, 3.63) is 54.4 Å². The van der Waals surface area contributed by atoms with E-state index >= 15 is 0 Å². The molecule has 2 aromatic rings.